The highest BCUT2D eigenvalue weighted by molar-refractivity contribution is 4.89. The Kier molecular flexibility index (Phi) is 3.64. The Morgan fingerprint density at radius 1 is 1.53 bits per heavy atom. The van der Waals surface area contributed by atoms with Gasteiger partial charge in [0.25, 0.3) is 0 Å². The molecular formula is C11H17N3O. The molecule has 1 aliphatic heterocycles. The van der Waals surface area contributed by atoms with E-state index in [1.807, 2.05) is 6.07 Å². The molecule has 0 spiro atoms. The summed E-state index contributed by atoms with van der Waals surface area (Å²) in [6, 6.07) is 2.20. The van der Waals surface area contributed by atoms with Crippen LogP contribution >= 0.6 is 0 Å². The molecule has 2 unspecified atom stereocenters. The van der Waals surface area contributed by atoms with Gasteiger partial charge in [0.05, 0.1) is 12.6 Å². The number of rotatable bonds is 4. The van der Waals surface area contributed by atoms with Crippen LogP contribution in [-0.4, -0.2) is 28.7 Å². The zero-order valence-corrected chi connectivity index (χ0v) is 9.02. The summed E-state index contributed by atoms with van der Waals surface area (Å²) < 4.78 is 5.60. The van der Waals surface area contributed by atoms with E-state index in [0.717, 1.165) is 18.9 Å². The second-order valence-electron chi connectivity index (χ2n) is 3.89. The van der Waals surface area contributed by atoms with Gasteiger partial charge < -0.3 is 10.1 Å². The van der Waals surface area contributed by atoms with Gasteiger partial charge in [-0.25, -0.2) is 9.97 Å². The number of ether oxygens (including phenoxy) is 1. The molecule has 0 aliphatic carbocycles. The summed E-state index contributed by atoms with van der Waals surface area (Å²) in [5.74, 6) is 0.836. The number of nitrogens with zero attached hydrogens (tertiary/aromatic N) is 2. The van der Waals surface area contributed by atoms with Gasteiger partial charge in [0, 0.05) is 25.0 Å². The van der Waals surface area contributed by atoms with Crippen molar-refractivity contribution in [3.63, 3.8) is 0 Å². The fraction of sp³-hybridized carbons (Fsp3) is 0.636. The first-order valence-corrected chi connectivity index (χ1v) is 5.47. The van der Waals surface area contributed by atoms with Crippen molar-refractivity contribution < 1.29 is 4.74 Å². The molecule has 4 nitrogen and oxygen atoms in total. The van der Waals surface area contributed by atoms with Crippen LogP contribution in [0.2, 0.25) is 0 Å². The van der Waals surface area contributed by atoms with E-state index in [1.54, 1.807) is 12.4 Å². The van der Waals surface area contributed by atoms with Gasteiger partial charge in [-0.3, -0.25) is 0 Å². The van der Waals surface area contributed by atoms with E-state index < -0.39 is 0 Å². The fourth-order valence-electron chi connectivity index (χ4n) is 1.80. The molecule has 2 rings (SSSR count). The van der Waals surface area contributed by atoms with Crippen LogP contribution in [0.4, 0.5) is 0 Å². The SMILES string of the molecule is CC(NCc1ncccn1)C1CCCO1. The van der Waals surface area contributed by atoms with Gasteiger partial charge in [0.1, 0.15) is 5.82 Å². The highest BCUT2D eigenvalue weighted by Crippen LogP contribution is 2.15. The largest absolute Gasteiger partial charge is 0.377 e. The first-order chi connectivity index (χ1) is 7.36. The Morgan fingerprint density at radius 3 is 3.00 bits per heavy atom. The van der Waals surface area contributed by atoms with Crippen LogP contribution in [0, 0.1) is 0 Å². The van der Waals surface area contributed by atoms with Crippen LogP contribution in [0.1, 0.15) is 25.6 Å². The zero-order valence-electron chi connectivity index (χ0n) is 9.02. The molecule has 0 saturated carbocycles. The molecule has 0 radical (unpaired) electrons. The van der Waals surface area contributed by atoms with Gasteiger partial charge in [-0.15, -0.1) is 0 Å². The van der Waals surface area contributed by atoms with Crippen LogP contribution in [-0.2, 0) is 11.3 Å². The second kappa shape index (κ2) is 5.19. The normalized spacial score (nSPS) is 22.9. The van der Waals surface area contributed by atoms with Crippen LogP contribution in [0.15, 0.2) is 18.5 Å². The molecule has 2 heterocycles. The quantitative estimate of drug-likeness (QED) is 0.804. The van der Waals surface area contributed by atoms with Gasteiger partial charge in [-0.1, -0.05) is 0 Å². The molecule has 1 aromatic rings. The van der Waals surface area contributed by atoms with E-state index in [1.165, 1.54) is 6.42 Å². The minimum absolute atomic E-state index is 0.355. The molecule has 1 fully saturated rings. The lowest BCUT2D eigenvalue weighted by atomic mass is 10.1. The average molecular weight is 207 g/mol. The maximum Gasteiger partial charge on any atom is 0.141 e. The van der Waals surface area contributed by atoms with Crippen LogP contribution in [0.5, 0.6) is 0 Å². The molecule has 0 amide bonds. The van der Waals surface area contributed by atoms with Crippen molar-refractivity contribution in [2.24, 2.45) is 0 Å². The molecule has 4 heteroatoms. The lowest BCUT2D eigenvalue weighted by Gasteiger charge is -2.19. The van der Waals surface area contributed by atoms with Crippen LogP contribution in [0.3, 0.4) is 0 Å². The third kappa shape index (κ3) is 2.97. The second-order valence-corrected chi connectivity index (χ2v) is 3.89. The van der Waals surface area contributed by atoms with E-state index in [0.29, 0.717) is 18.7 Å². The lowest BCUT2D eigenvalue weighted by Crippen LogP contribution is -2.36. The Morgan fingerprint density at radius 2 is 2.33 bits per heavy atom. The van der Waals surface area contributed by atoms with Gasteiger partial charge in [0.15, 0.2) is 0 Å². The first kappa shape index (κ1) is 10.5. The van der Waals surface area contributed by atoms with Crippen molar-refractivity contribution in [2.75, 3.05) is 6.61 Å². The third-order valence-corrected chi connectivity index (χ3v) is 2.72. The summed E-state index contributed by atoms with van der Waals surface area (Å²) in [7, 11) is 0. The topological polar surface area (TPSA) is 47.0 Å². The minimum atomic E-state index is 0.355. The molecule has 0 aromatic carbocycles. The molecule has 1 aliphatic rings. The summed E-state index contributed by atoms with van der Waals surface area (Å²) in [4.78, 5) is 8.33. The molecule has 1 saturated heterocycles. The number of aromatic nitrogens is 2. The summed E-state index contributed by atoms with van der Waals surface area (Å²) >= 11 is 0. The lowest BCUT2D eigenvalue weighted by molar-refractivity contribution is 0.0830. The fourth-order valence-corrected chi connectivity index (χ4v) is 1.80. The molecular weight excluding hydrogens is 190 g/mol. The van der Waals surface area contributed by atoms with Crippen molar-refractivity contribution in [1.82, 2.24) is 15.3 Å². The maximum atomic E-state index is 5.60. The smallest absolute Gasteiger partial charge is 0.141 e. The molecule has 1 aromatic heterocycles. The summed E-state index contributed by atoms with van der Waals surface area (Å²) in [5.41, 5.74) is 0. The monoisotopic (exact) mass is 207 g/mol. The Balaban J connectivity index is 1.77. The van der Waals surface area contributed by atoms with Gasteiger partial charge >= 0.3 is 0 Å². The molecule has 0 bridgehead atoms. The number of hydrogen-bond donors (Lipinski definition) is 1. The minimum Gasteiger partial charge on any atom is -0.377 e. The summed E-state index contributed by atoms with van der Waals surface area (Å²) in [5, 5.41) is 3.39. The van der Waals surface area contributed by atoms with Gasteiger partial charge in [-0.2, -0.15) is 0 Å². The Labute approximate surface area is 90.1 Å². The van der Waals surface area contributed by atoms with Crippen LogP contribution in [0.25, 0.3) is 0 Å². The number of hydrogen-bond acceptors (Lipinski definition) is 4. The summed E-state index contributed by atoms with van der Waals surface area (Å²) in [6.07, 6.45) is 6.22. The van der Waals surface area contributed by atoms with E-state index in [2.05, 4.69) is 22.2 Å². The molecule has 15 heavy (non-hydrogen) atoms. The summed E-state index contributed by atoms with van der Waals surface area (Å²) in [6.45, 7) is 3.76. The van der Waals surface area contributed by atoms with E-state index in [-0.39, 0.29) is 0 Å². The third-order valence-electron chi connectivity index (χ3n) is 2.72. The van der Waals surface area contributed by atoms with Crippen molar-refractivity contribution in [3.8, 4) is 0 Å². The maximum absolute atomic E-state index is 5.60. The van der Waals surface area contributed by atoms with Crippen molar-refractivity contribution >= 4 is 0 Å². The highest BCUT2D eigenvalue weighted by Gasteiger charge is 2.21. The van der Waals surface area contributed by atoms with Crippen molar-refractivity contribution in [2.45, 2.75) is 38.5 Å². The highest BCUT2D eigenvalue weighted by atomic mass is 16.5. The van der Waals surface area contributed by atoms with Gasteiger partial charge in [0.2, 0.25) is 0 Å². The Bertz CT molecular complexity index is 285. The number of nitrogens with one attached hydrogen (secondary N) is 1. The first-order valence-electron chi connectivity index (χ1n) is 5.47. The molecule has 2 atom stereocenters. The molecule has 82 valence electrons. The van der Waals surface area contributed by atoms with E-state index in [4.69, 9.17) is 4.74 Å². The van der Waals surface area contributed by atoms with E-state index >= 15 is 0 Å². The van der Waals surface area contributed by atoms with Gasteiger partial charge in [-0.05, 0) is 25.8 Å². The predicted molar refractivity (Wildman–Crippen MR) is 57.3 cm³/mol. The van der Waals surface area contributed by atoms with Crippen molar-refractivity contribution in [3.05, 3.63) is 24.3 Å². The Hall–Kier alpha value is -1.00. The predicted octanol–water partition coefficient (Wildman–Crippen LogP) is 1.13. The standard InChI is InChI=1S/C11H17N3O/c1-9(10-4-2-7-15-10)14-8-11-12-5-3-6-13-11/h3,5-6,9-10,14H,2,4,7-8H2,1H3. The zero-order chi connectivity index (χ0) is 10.5. The van der Waals surface area contributed by atoms with E-state index in [9.17, 15) is 0 Å². The average Bonchev–Trinajstić information content (AvgIpc) is 2.81. The van der Waals surface area contributed by atoms with Crippen molar-refractivity contribution in [1.29, 1.82) is 0 Å². The van der Waals surface area contributed by atoms with Crippen LogP contribution < -0.4 is 5.32 Å². The molecule has 1 N–H and O–H groups in total.